The monoisotopic (exact) mass is 193 g/mol. The van der Waals surface area contributed by atoms with Gasteiger partial charge >= 0.3 is 5.97 Å². The van der Waals surface area contributed by atoms with E-state index in [0.29, 0.717) is 0 Å². The van der Waals surface area contributed by atoms with E-state index < -0.39 is 0 Å². The van der Waals surface area contributed by atoms with E-state index in [1.165, 1.54) is 12.0 Å². The third kappa shape index (κ3) is 1.90. The highest BCUT2D eigenvalue weighted by Crippen LogP contribution is 1.98. The number of carbonyl (C=O) groups is 1. The molecule has 1 saturated heterocycles. The second-order valence-electron chi connectivity index (χ2n) is 3.48. The standard InChI is InChI=1S/C10H12N2O2/c1-14-10(13)9-7-12(9)6-8-3-2-4-11-5-8/h2-5,9H,6-7H2,1H3/p+1/t9-,12?/m0/s1. The summed E-state index contributed by atoms with van der Waals surface area (Å²) in [4.78, 5) is 16.4. The number of nitrogens with one attached hydrogen (secondary N) is 1. The first-order chi connectivity index (χ1) is 6.81. The van der Waals surface area contributed by atoms with Crippen molar-refractivity contribution in [2.45, 2.75) is 12.6 Å². The average Bonchev–Trinajstić information content (AvgIpc) is 2.98. The predicted octanol–water partition coefficient (Wildman–Crippen LogP) is -0.978. The van der Waals surface area contributed by atoms with Crippen LogP contribution in [0.25, 0.3) is 0 Å². The number of quaternary nitrogens is 1. The van der Waals surface area contributed by atoms with Crippen LogP contribution in [0.3, 0.4) is 0 Å². The Morgan fingerprint density at radius 3 is 3.29 bits per heavy atom. The molecule has 4 heteroatoms. The zero-order chi connectivity index (χ0) is 9.97. The van der Waals surface area contributed by atoms with E-state index in [1.807, 2.05) is 18.3 Å². The SMILES string of the molecule is COC(=O)[C@@H]1C[NH+]1Cc1cccnc1. The Morgan fingerprint density at radius 2 is 2.64 bits per heavy atom. The molecule has 1 aromatic heterocycles. The lowest BCUT2D eigenvalue weighted by molar-refractivity contribution is -0.784. The van der Waals surface area contributed by atoms with Crippen molar-refractivity contribution in [2.75, 3.05) is 13.7 Å². The Balaban J connectivity index is 1.88. The fourth-order valence-electron chi connectivity index (χ4n) is 1.56. The summed E-state index contributed by atoms with van der Waals surface area (Å²) in [5, 5.41) is 0. The van der Waals surface area contributed by atoms with Gasteiger partial charge in [-0.15, -0.1) is 0 Å². The van der Waals surface area contributed by atoms with Crippen LogP contribution in [0, 0.1) is 0 Å². The molecule has 4 nitrogen and oxygen atoms in total. The largest absolute Gasteiger partial charge is 0.464 e. The molecule has 0 saturated carbocycles. The summed E-state index contributed by atoms with van der Waals surface area (Å²) < 4.78 is 4.67. The van der Waals surface area contributed by atoms with Gasteiger partial charge in [-0.2, -0.15) is 0 Å². The van der Waals surface area contributed by atoms with Crippen LogP contribution < -0.4 is 4.90 Å². The van der Waals surface area contributed by atoms with Crippen molar-refractivity contribution in [3.8, 4) is 0 Å². The van der Waals surface area contributed by atoms with Gasteiger partial charge in [0.2, 0.25) is 6.04 Å². The molecule has 0 amide bonds. The summed E-state index contributed by atoms with van der Waals surface area (Å²) in [7, 11) is 1.43. The minimum Gasteiger partial charge on any atom is -0.464 e. The van der Waals surface area contributed by atoms with Crippen LogP contribution in [-0.2, 0) is 16.1 Å². The molecule has 14 heavy (non-hydrogen) atoms. The molecule has 1 N–H and O–H groups in total. The molecule has 0 aliphatic carbocycles. The van der Waals surface area contributed by atoms with E-state index in [4.69, 9.17) is 0 Å². The van der Waals surface area contributed by atoms with Gasteiger partial charge in [0.15, 0.2) is 0 Å². The summed E-state index contributed by atoms with van der Waals surface area (Å²) in [5.41, 5.74) is 1.16. The smallest absolute Gasteiger partial charge is 0.370 e. The summed E-state index contributed by atoms with van der Waals surface area (Å²) >= 11 is 0. The average molecular weight is 193 g/mol. The van der Waals surface area contributed by atoms with Crippen molar-refractivity contribution in [3.63, 3.8) is 0 Å². The van der Waals surface area contributed by atoms with E-state index in [9.17, 15) is 4.79 Å². The van der Waals surface area contributed by atoms with E-state index >= 15 is 0 Å². The number of pyridine rings is 1. The van der Waals surface area contributed by atoms with Crippen LogP contribution in [-0.4, -0.2) is 30.6 Å². The lowest BCUT2D eigenvalue weighted by atomic mass is 10.3. The van der Waals surface area contributed by atoms with Crippen molar-refractivity contribution in [3.05, 3.63) is 30.1 Å². The molecule has 0 spiro atoms. The first-order valence-electron chi connectivity index (χ1n) is 4.62. The number of hydrogen-bond acceptors (Lipinski definition) is 3. The molecule has 1 unspecified atom stereocenters. The number of carbonyl (C=O) groups excluding carboxylic acids is 1. The topological polar surface area (TPSA) is 43.6 Å². The molecule has 0 aromatic carbocycles. The van der Waals surface area contributed by atoms with Gasteiger partial charge in [0.05, 0.1) is 7.11 Å². The zero-order valence-corrected chi connectivity index (χ0v) is 8.06. The van der Waals surface area contributed by atoms with Crippen molar-refractivity contribution >= 4 is 5.97 Å². The molecular weight excluding hydrogens is 180 g/mol. The van der Waals surface area contributed by atoms with Crippen LogP contribution in [0.5, 0.6) is 0 Å². The molecule has 2 atom stereocenters. The van der Waals surface area contributed by atoms with Gasteiger partial charge in [-0.25, -0.2) is 4.79 Å². The van der Waals surface area contributed by atoms with Crippen LogP contribution >= 0.6 is 0 Å². The maximum absolute atomic E-state index is 11.1. The first-order valence-corrected chi connectivity index (χ1v) is 4.62. The molecule has 74 valence electrons. The highest BCUT2D eigenvalue weighted by Gasteiger charge is 2.47. The van der Waals surface area contributed by atoms with E-state index in [0.717, 1.165) is 18.7 Å². The molecule has 0 bridgehead atoms. The molecule has 1 aliphatic rings. The van der Waals surface area contributed by atoms with E-state index in [1.54, 1.807) is 6.20 Å². The van der Waals surface area contributed by atoms with Crippen molar-refractivity contribution in [1.29, 1.82) is 0 Å². The van der Waals surface area contributed by atoms with Gasteiger partial charge in [0.25, 0.3) is 0 Å². The Labute approximate surface area is 82.5 Å². The minimum atomic E-state index is -0.108. The normalized spacial score (nSPS) is 24.4. The van der Waals surface area contributed by atoms with Crippen molar-refractivity contribution in [1.82, 2.24) is 4.98 Å². The number of hydrogen-bond donors (Lipinski definition) is 1. The van der Waals surface area contributed by atoms with Gasteiger partial charge in [0.1, 0.15) is 13.1 Å². The highest BCUT2D eigenvalue weighted by molar-refractivity contribution is 5.75. The van der Waals surface area contributed by atoms with Gasteiger partial charge in [-0.05, 0) is 6.07 Å². The third-order valence-corrected chi connectivity index (χ3v) is 2.44. The van der Waals surface area contributed by atoms with Crippen LogP contribution in [0.15, 0.2) is 24.5 Å². The molecule has 1 aliphatic heterocycles. The summed E-state index contributed by atoms with van der Waals surface area (Å²) in [6.07, 6.45) is 3.58. The van der Waals surface area contributed by atoms with E-state index in [-0.39, 0.29) is 12.0 Å². The van der Waals surface area contributed by atoms with Crippen molar-refractivity contribution < 1.29 is 14.4 Å². The molecular formula is C10H13N2O2+. The fourth-order valence-corrected chi connectivity index (χ4v) is 1.56. The van der Waals surface area contributed by atoms with Gasteiger partial charge in [0, 0.05) is 18.0 Å². The fraction of sp³-hybridized carbons (Fsp3) is 0.400. The molecule has 2 heterocycles. The summed E-state index contributed by atoms with van der Waals surface area (Å²) in [6.45, 7) is 1.73. The van der Waals surface area contributed by atoms with E-state index in [2.05, 4.69) is 9.72 Å². The molecule has 1 aromatic rings. The second-order valence-corrected chi connectivity index (χ2v) is 3.48. The maximum atomic E-state index is 11.1. The Kier molecular flexibility index (Phi) is 2.45. The third-order valence-electron chi connectivity index (χ3n) is 2.44. The molecule has 2 rings (SSSR count). The number of esters is 1. The number of rotatable bonds is 3. The maximum Gasteiger partial charge on any atom is 0.370 e. The Morgan fingerprint density at radius 1 is 1.79 bits per heavy atom. The first kappa shape index (κ1) is 9.15. The van der Waals surface area contributed by atoms with Crippen LogP contribution in [0.1, 0.15) is 5.56 Å². The Bertz CT molecular complexity index is 326. The number of ether oxygens (including phenoxy) is 1. The number of nitrogens with zero attached hydrogens (tertiary/aromatic N) is 1. The van der Waals surface area contributed by atoms with Crippen LogP contribution in [0.4, 0.5) is 0 Å². The van der Waals surface area contributed by atoms with Gasteiger partial charge in [-0.1, -0.05) is 6.07 Å². The van der Waals surface area contributed by atoms with Crippen molar-refractivity contribution in [2.24, 2.45) is 0 Å². The predicted molar refractivity (Wildman–Crippen MR) is 49.6 cm³/mol. The lowest BCUT2D eigenvalue weighted by Crippen LogP contribution is -2.93. The summed E-state index contributed by atoms with van der Waals surface area (Å²) in [5.74, 6) is -0.108. The Hall–Kier alpha value is -1.42. The van der Waals surface area contributed by atoms with Crippen LogP contribution in [0.2, 0.25) is 0 Å². The number of aromatic nitrogens is 1. The lowest BCUT2D eigenvalue weighted by Gasteiger charge is -1.98. The van der Waals surface area contributed by atoms with Gasteiger partial charge < -0.3 is 9.64 Å². The number of methoxy groups -OCH3 is 1. The zero-order valence-electron chi connectivity index (χ0n) is 8.06. The second kappa shape index (κ2) is 3.75. The quantitative estimate of drug-likeness (QED) is 0.496. The summed E-state index contributed by atoms with van der Waals surface area (Å²) in [6, 6.07) is 3.97. The van der Waals surface area contributed by atoms with Gasteiger partial charge in [-0.3, -0.25) is 4.98 Å². The molecule has 1 fully saturated rings. The highest BCUT2D eigenvalue weighted by atomic mass is 16.5. The minimum absolute atomic E-state index is 0.0419. The molecule has 0 radical (unpaired) electrons.